The van der Waals surface area contributed by atoms with Crippen LogP contribution < -0.4 is 5.14 Å². The molecule has 0 atom stereocenters. The number of carbonyl (C=O) groups is 1. The highest BCUT2D eigenvalue weighted by molar-refractivity contribution is 7.86. The van der Waals surface area contributed by atoms with Gasteiger partial charge in [-0.2, -0.15) is 12.7 Å². The number of nitrogens with zero attached hydrogens (tertiary/aromatic N) is 1. The SMILES string of the molecule is COC(=O)CCN(CC(C)C)S(N)(=O)=O. The van der Waals surface area contributed by atoms with Gasteiger partial charge in [0.25, 0.3) is 10.2 Å². The Morgan fingerprint density at radius 1 is 1.47 bits per heavy atom. The molecule has 6 nitrogen and oxygen atoms in total. The van der Waals surface area contributed by atoms with Gasteiger partial charge in [0.2, 0.25) is 0 Å². The van der Waals surface area contributed by atoms with E-state index in [4.69, 9.17) is 5.14 Å². The Labute approximate surface area is 90.6 Å². The predicted molar refractivity (Wildman–Crippen MR) is 56.2 cm³/mol. The highest BCUT2D eigenvalue weighted by Gasteiger charge is 2.19. The lowest BCUT2D eigenvalue weighted by atomic mass is 10.2. The van der Waals surface area contributed by atoms with Gasteiger partial charge in [-0.05, 0) is 5.92 Å². The summed E-state index contributed by atoms with van der Waals surface area (Å²) in [4.78, 5) is 10.8. The van der Waals surface area contributed by atoms with Crippen molar-refractivity contribution in [1.82, 2.24) is 4.31 Å². The average Bonchev–Trinajstić information content (AvgIpc) is 2.09. The van der Waals surface area contributed by atoms with E-state index in [2.05, 4.69) is 4.74 Å². The van der Waals surface area contributed by atoms with Crippen LogP contribution in [0.25, 0.3) is 0 Å². The largest absolute Gasteiger partial charge is 0.469 e. The van der Waals surface area contributed by atoms with Gasteiger partial charge in [-0.25, -0.2) is 5.14 Å². The first-order valence-electron chi connectivity index (χ1n) is 4.62. The van der Waals surface area contributed by atoms with Crippen LogP contribution in [0.1, 0.15) is 20.3 Å². The molecule has 0 aliphatic heterocycles. The molecule has 0 heterocycles. The van der Waals surface area contributed by atoms with Crippen molar-refractivity contribution in [3.8, 4) is 0 Å². The van der Waals surface area contributed by atoms with E-state index in [0.717, 1.165) is 4.31 Å². The number of rotatable bonds is 6. The quantitative estimate of drug-likeness (QED) is 0.644. The van der Waals surface area contributed by atoms with E-state index in [1.807, 2.05) is 13.8 Å². The van der Waals surface area contributed by atoms with E-state index >= 15 is 0 Å². The summed E-state index contributed by atoms with van der Waals surface area (Å²) in [6.45, 7) is 4.10. The Hall–Kier alpha value is -0.660. The van der Waals surface area contributed by atoms with Gasteiger partial charge in [0, 0.05) is 13.1 Å². The number of hydrogen-bond donors (Lipinski definition) is 1. The lowest BCUT2D eigenvalue weighted by Crippen LogP contribution is -2.40. The van der Waals surface area contributed by atoms with Gasteiger partial charge in [-0.1, -0.05) is 13.8 Å². The summed E-state index contributed by atoms with van der Waals surface area (Å²) in [6, 6.07) is 0. The molecule has 7 heteroatoms. The second-order valence-corrected chi connectivity index (χ2v) is 5.17. The van der Waals surface area contributed by atoms with Crippen LogP contribution in [0.4, 0.5) is 0 Å². The van der Waals surface area contributed by atoms with Gasteiger partial charge < -0.3 is 4.74 Å². The Morgan fingerprint density at radius 2 is 2.00 bits per heavy atom. The summed E-state index contributed by atoms with van der Waals surface area (Å²) in [5.41, 5.74) is 0. The van der Waals surface area contributed by atoms with Crippen LogP contribution in [0.5, 0.6) is 0 Å². The van der Waals surface area contributed by atoms with Gasteiger partial charge in [-0.15, -0.1) is 0 Å². The molecule has 0 unspecified atom stereocenters. The highest BCUT2D eigenvalue weighted by atomic mass is 32.2. The summed E-state index contributed by atoms with van der Waals surface area (Å²) >= 11 is 0. The highest BCUT2D eigenvalue weighted by Crippen LogP contribution is 2.03. The minimum absolute atomic E-state index is 0.0135. The maximum atomic E-state index is 11.1. The van der Waals surface area contributed by atoms with Crippen molar-refractivity contribution >= 4 is 16.2 Å². The molecule has 15 heavy (non-hydrogen) atoms. The van der Waals surface area contributed by atoms with Crippen LogP contribution in [0, 0.1) is 5.92 Å². The molecule has 0 aliphatic carbocycles. The molecule has 0 aromatic rings. The molecule has 0 aromatic carbocycles. The van der Waals surface area contributed by atoms with Gasteiger partial charge in [-0.3, -0.25) is 4.79 Å². The summed E-state index contributed by atoms with van der Waals surface area (Å²) in [7, 11) is -2.48. The molecule has 0 saturated carbocycles. The van der Waals surface area contributed by atoms with Crippen LogP contribution in [-0.2, 0) is 19.7 Å². The molecule has 0 radical (unpaired) electrons. The van der Waals surface area contributed by atoms with Crippen molar-refractivity contribution in [2.24, 2.45) is 11.1 Å². The smallest absolute Gasteiger partial charge is 0.306 e. The minimum Gasteiger partial charge on any atom is -0.469 e. The summed E-state index contributed by atoms with van der Waals surface area (Å²) in [5.74, 6) is -0.298. The van der Waals surface area contributed by atoms with E-state index in [1.165, 1.54) is 7.11 Å². The van der Waals surface area contributed by atoms with E-state index in [0.29, 0.717) is 6.54 Å². The Morgan fingerprint density at radius 3 is 2.33 bits per heavy atom. The average molecular weight is 238 g/mol. The third-order valence-electron chi connectivity index (χ3n) is 1.72. The molecule has 0 spiro atoms. The van der Waals surface area contributed by atoms with Crippen molar-refractivity contribution in [1.29, 1.82) is 0 Å². The van der Waals surface area contributed by atoms with Gasteiger partial charge >= 0.3 is 5.97 Å². The zero-order valence-electron chi connectivity index (χ0n) is 9.26. The van der Waals surface area contributed by atoms with Crippen LogP contribution in [-0.4, -0.2) is 38.9 Å². The molecule has 0 bridgehead atoms. The van der Waals surface area contributed by atoms with Crippen molar-refractivity contribution < 1.29 is 17.9 Å². The molecule has 2 N–H and O–H groups in total. The monoisotopic (exact) mass is 238 g/mol. The van der Waals surface area contributed by atoms with Gasteiger partial charge in [0.1, 0.15) is 0 Å². The fourth-order valence-electron chi connectivity index (χ4n) is 1.05. The van der Waals surface area contributed by atoms with Crippen LogP contribution in [0.3, 0.4) is 0 Å². The van der Waals surface area contributed by atoms with E-state index in [9.17, 15) is 13.2 Å². The van der Waals surface area contributed by atoms with Crippen molar-refractivity contribution in [2.45, 2.75) is 20.3 Å². The number of hydrogen-bond acceptors (Lipinski definition) is 4. The van der Waals surface area contributed by atoms with Crippen molar-refractivity contribution in [3.05, 3.63) is 0 Å². The third kappa shape index (κ3) is 6.43. The second kappa shape index (κ2) is 6.04. The predicted octanol–water partition coefficient (Wildman–Crippen LogP) is -0.289. The molecule has 0 aromatic heterocycles. The first-order chi connectivity index (χ1) is 6.77. The third-order valence-corrected chi connectivity index (χ3v) is 2.77. The number of methoxy groups -OCH3 is 1. The number of carbonyl (C=O) groups excluding carboxylic acids is 1. The molecular formula is C8H18N2O4S. The normalized spacial score (nSPS) is 12.1. The first kappa shape index (κ1) is 14.3. The number of esters is 1. The topological polar surface area (TPSA) is 89.7 Å². The molecule has 90 valence electrons. The van der Waals surface area contributed by atoms with Crippen LogP contribution in [0.2, 0.25) is 0 Å². The Kier molecular flexibility index (Phi) is 5.77. The molecule has 0 fully saturated rings. The minimum atomic E-state index is -3.74. The lowest BCUT2D eigenvalue weighted by molar-refractivity contribution is -0.140. The summed E-state index contributed by atoms with van der Waals surface area (Å²) < 4.78 is 27.7. The second-order valence-electron chi connectivity index (χ2n) is 3.62. The maximum absolute atomic E-state index is 11.1. The molecule has 0 amide bonds. The van der Waals surface area contributed by atoms with Gasteiger partial charge in [0.05, 0.1) is 13.5 Å². The van der Waals surface area contributed by atoms with E-state index in [-0.39, 0.29) is 18.9 Å². The van der Waals surface area contributed by atoms with Crippen molar-refractivity contribution in [2.75, 3.05) is 20.2 Å². The molecule has 0 rings (SSSR count). The number of ether oxygens (including phenoxy) is 1. The maximum Gasteiger partial charge on any atom is 0.306 e. The van der Waals surface area contributed by atoms with Crippen LogP contribution >= 0.6 is 0 Å². The summed E-state index contributed by atoms with van der Waals surface area (Å²) in [6.07, 6.45) is 0.0135. The lowest BCUT2D eigenvalue weighted by Gasteiger charge is -2.20. The zero-order chi connectivity index (χ0) is 12.1. The fraction of sp³-hybridized carbons (Fsp3) is 0.875. The van der Waals surface area contributed by atoms with Gasteiger partial charge in [0.15, 0.2) is 0 Å². The standard InChI is InChI=1S/C8H18N2O4S/c1-7(2)6-10(15(9,12)13)5-4-8(11)14-3/h7H,4-6H2,1-3H3,(H2,9,12,13). The summed E-state index contributed by atoms with van der Waals surface area (Å²) in [5, 5.41) is 5.00. The van der Waals surface area contributed by atoms with Crippen molar-refractivity contribution in [3.63, 3.8) is 0 Å². The van der Waals surface area contributed by atoms with E-state index < -0.39 is 16.2 Å². The first-order valence-corrected chi connectivity index (χ1v) is 6.12. The molecule has 0 aliphatic rings. The molecular weight excluding hydrogens is 220 g/mol. The zero-order valence-corrected chi connectivity index (χ0v) is 10.1. The fourth-order valence-corrected chi connectivity index (χ4v) is 1.90. The van der Waals surface area contributed by atoms with E-state index in [1.54, 1.807) is 0 Å². The molecule has 0 saturated heterocycles. The Bertz CT molecular complexity index is 300. The number of nitrogens with two attached hydrogens (primary N) is 1. The Balaban J connectivity index is 4.34. The van der Waals surface area contributed by atoms with Crippen LogP contribution in [0.15, 0.2) is 0 Å².